The van der Waals surface area contributed by atoms with E-state index < -0.39 is 27.6 Å². The van der Waals surface area contributed by atoms with Crippen molar-refractivity contribution in [1.82, 2.24) is 9.47 Å². The smallest absolute Gasteiger partial charge is 0.339 e. The Balaban J connectivity index is 2.17. The summed E-state index contributed by atoms with van der Waals surface area (Å²) >= 11 is 5.95. The first-order valence-corrected chi connectivity index (χ1v) is 12.7. The number of nitrogens with zero attached hydrogens (tertiary/aromatic N) is 2. The average molecular weight is 513 g/mol. The summed E-state index contributed by atoms with van der Waals surface area (Å²) in [6.07, 6.45) is -4.72. The summed E-state index contributed by atoms with van der Waals surface area (Å²) in [6, 6.07) is 15.6. The van der Waals surface area contributed by atoms with Gasteiger partial charge in [-0.25, -0.2) is 8.42 Å². The molecule has 1 aromatic heterocycles. The first kappa shape index (κ1) is 25.8. The van der Waals surface area contributed by atoms with E-state index in [0.717, 1.165) is 15.5 Å². The van der Waals surface area contributed by atoms with Crippen LogP contribution in [0.2, 0.25) is 5.02 Å². The highest BCUT2D eigenvalue weighted by Gasteiger charge is 2.38. The normalized spacial score (nSPS) is 12.1. The minimum Gasteiger partial charge on any atom is -0.339 e. The van der Waals surface area contributed by atoms with Crippen LogP contribution in [0.3, 0.4) is 0 Å². The molecule has 0 fully saturated rings. The molecule has 0 N–H and O–H groups in total. The van der Waals surface area contributed by atoms with Crippen LogP contribution < -0.4 is 0 Å². The lowest BCUT2D eigenvalue weighted by atomic mass is 10.0. The Labute approximate surface area is 201 Å². The highest BCUT2D eigenvalue weighted by Crippen LogP contribution is 2.38. The molecular weight excluding hydrogens is 489 g/mol. The fourth-order valence-corrected chi connectivity index (χ4v) is 4.46. The van der Waals surface area contributed by atoms with E-state index in [1.165, 1.54) is 26.1 Å². The number of sulfone groups is 1. The molecule has 1 heterocycles. The molecule has 1 amide bonds. The number of rotatable bonds is 8. The summed E-state index contributed by atoms with van der Waals surface area (Å²) in [7, 11) is -1.99. The molecule has 0 spiro atoms. The van der Waals surface area contributed by atoms with Crippen LogP contribution in [0.4, 0.5) is 13.2 Å². The summed E-state index contributed by atoms with van der Waals surface area (Å²) in [6.45, 7) is 1.16. The van der Waals surface area contributed by atoms with Gasteiger partial charge in [0, 0.05) is 36.5 Å². The predicted molar refractivity (Wildman–Crippen MR) is 127 cm³/mol. The van der Waals surface area contributed by atoms with Gasteiger partial charge in [-0.05, 0) is 29.3 Å². The van der Waals surface area contributed by atoms with Crippen molar-refractivity contribution in [3.63, 3.8) is 0 Å². The molecule has 0 aliphatic carbocycles. The van der Waals surface area contributed by atoms with E-state index >= 15 is 0 Å². The third-order valence-corrected chi connectivity index (χ3v) is 7.39. The van der Waals surface area contributed by atoms with Crippen LogP contribution in [0, 0.1) is 0 Å². The molecule has 182 valence electrons. The van der Waals surface area contributed by atoms with Crippen molar-refractivity contribution >= 4 is 27.3 Å². The second-order valence-electron chi connectivity index (χ2n) is 7.83. The van der Waals surface area contributed by atoms with Crippen molar-refractivity contribution < 1.29 is 26.4 Å². The Kier molecular flexibility index (Phi) is 7.77. The van der Waals surface area contributed by atoms with Crippen LogP contribution in [0.15, 0.2) is 60.7 Å². The minimum atomic E-state index is -4.72. The van der Waals surface area contributed by atoms with Crippen LogP contribution in [0.1, 0.15) is 28.7 Å². The number of aromatic nitrogens is 1. The number of alkyl halides is 3. The van der Waals surface area contributed by atoms with E-state index in [0.29, 0.717) is 16.1 Å². The van der Waals surface area contributed by atoms with Crippen molar-refractivity contribution in [2.24, 2.45) is 0 Å². The van der Waals surface area contributed by atoms with E-state index in [1.54, 1.807) is 42.5 Å². The highest BCUT2D eigenvalue weighted by atomic mass is 35.5. The Morgan fingerprint density at radius 3 is 2.24 bits per heavy atom. The quantitative estimate of drug-likeness (QED) is 0.407. The SMILES string of the molecule is CCS(=O)(=O)CCN(C)C(=O)c1c(-c2ccc(Cl)cc2)cc(C(F)(F)F)n1Cc1ccccc1. The zero-order chi connectivity index (χ0) is 25.1. The maximum atomic E-state index is 14.1. The monoisotopic (exact) mass is 512 g/mol. The number of halogens is 4. The Hall–Kier alpha value is -2.78. The fourth-order valence-electron chi connectivity index (χ4n) is 3.50. The Morgan fingerprint density at radius 1 is 1.06 bits per heavy atom. The largest absolute Gasteiger partial charge is 0.431 e. The molecule has 0 atom stereocenters. The summed E-state index contributed by atoms with van der Waals surface area (Å²) in [4.78, 5) is 14.6. The van der Waals surface area contributed by atoms with Gasteiger partial charge in [0.1, 0.15) is 11.4 Å². The van der Waals surface area contributed by atoms with Crippen LogP contribution in [-0.2, 0) is 22.6 Å². The maximum absolute atomic E-state index is 14.1. The van der Waals surface area contributed by atoms with Gasteiger partial charge < -0.3 is 9.47 Å². The third-order valence-electron chi connectivity index (χ3n) is 5.45. The first-order chi connectivity index (χ1) is 15.9. The van der Waals surface area contributed by atoms with Gasteiger partial charge in [-0.1, -0.05) is 61.0 Å². The van der Waals surface area contributed by atoms with E-state index in [9.17, 15) is 26.4 Å². The van der Waals surface area contributed by atoms with Gasteiger partial charge >= 0.3 is 6.18 Å². The Morgan fingerprint density at radius 2 is 1.68 bits per heavy atom. The molecule has 0 bridgehead atoms. The summed E-state index contributed by atoms with van der Waals surface area (Å²) < 4.78 is 67.1. The van der Waals surface area contributed by atoms with Crippen LogP contribution in [0.25, 0.3) is 11.1 Å². The molecule has 0 aliphatic rings. The average Bonchev–Trinajstić information content (AvgIpc) is 3.17. The topological polar surface area (TPSA) is 59.4 Å². The number of hydrogen-bond acceptors (Lipinski definition) is 3. The zero-order valence-electron chi connectivity index (χ0n) is 18.6. The lowest BCUT2D eigenvalue weighted by molar-refractivity contribution is -0.143. The van der Waals surface area contributed by atoms with Gasteiger partial charge in [0.2, 0.25) is 0 Å². The standard InChI is InChI=1S/C24H24ClF3N2O3S/c1-3-34(32,33)14-13-29(2)23(31)22-20(18-9-11-19(25)12-10-18)15-21(24(26,27)28)30(22)16-17-7-5-4-6-8-17/h4-12,15H,3,13-14,16H2,1-2H3. The van der Waals surface area contributed by atoms with Crippen molar-refractivity contribution in [2.75, 3.05) is 25.1 Å². The number of benzene rings is 2. The number of hydrogen-bond donors (Lipinski definition) is 0. The predicted octanol–water partition coefficient (Wildman–Crippen LogP) is 5.38. The fraction of sp³-hybridized carbons (Fsp3) is 0.292. The van der Waals surface area contributed by atoms with E-state index in [1.807, 2.05) is 0 Å². The third kappa shape index (κ3) is 6.01. The second kappa shape index (κ2) is 10.2. The Bertz CT molecular complexity index is 1260. The van der Waals surface area contributed by atoms with Crippen LogP contribution in [-0.4, -0.2) is 48.9 Å². The molecule has 0 saturated carbocycles. The number of carbonyl (C=O) groups is 1. The molecule has 34 heavy (non-hydrogen) atoms. The van der Waals surface area contributed by atoms with Gasteiger partial charge in [-0.3, -0.25) is 4.79 Å². The van der Waals surface area contributed by atoms with Crippen LogP contribution >= 0.6 is 11.6 Å². The van der Waals surface area contributed by atoms with Gasteiger partial charge in [-0.2, -0.15) is 13.2 Å². The van der Waals surface area contributed by atoms with Gasteiger partial charge in [0.05, 0.1) is 5.75 Å². The zero-order valence-corrected chi connectivity index (χ0v) is 20.2. The molecule has 0 radical (unpaired) electrons. The van der Waals surface area contributed by atoms with Crippen molar-refractivity contribution in [1.29, 1.82) is 0 Å². The molecule has 0 aliphatic heterocycles. The van der Waals surface area contributed by atoms with Crippen molar-refractivity contribution in [2.45, 2.75) is 19.6 Å². The summed E-state index contributed by atoms with van der Waals surface area (Å²) in [5.41, 5.74) is -0.0830. The van der Waals surface area contributed by atoms with Crippen LogP contribution in [0.5, 0.6) is 0 Å². The highest BCUT2D eigenvalue weighted by molar-refractivity contribution is 7.91. The lowest BCUT2D eigenvalue weighted by Crippen LogP contribution is -2.34. The number of amides is 1. The van der Waals surface area contributed by atoms with Crippen molar-refractivity contribution in [3.8, 4) is 11.1 Å². The van der Waals surface area contributed by atoms with Crippen molar-refractivity contribution in [3.05, 3.63) is 82.6 Å². The molecule has 0 unspecified atom stereocenters. The lowest BCUT2D eigenvalue weighted by Gasteiger charge is -2.21. The molecule has 0 saturated heterocycles. The van der Waals surface area contributed by atoms with E-state index in [-0.39, 0.29) is 35.9 Å². The molecule has 5 nitrogen and oxygen atoms in total. The first-order valence-electron chi connectivity index (χ1n) is 10.5. The summed E-state index contributed by atoms with van der Waals surface area (Å²) in [5, 5.41) is 0.401. The molecule has 3 aromatic rings. The molecular formula is C24H24ClF3N2O3S. The molecule has 10 heteroatoms. The minimum absolute atomic E-state index is 0.0896. The second-order valence-corrected chi connectivity index (χ2v) is 10.7. The van der Waals surface area contributed by atoms with Gasteiger partial charge in [0.15, 0.2) is 9.84 Å². The molecule has 3 rings (SSSR count). The molecule has 2 aromatic carbocycles. The van der Waals surface area contributed by atoms with E-state index in [2.05, 4.69) is 0 Å². The van der Waals surface area contributed by atoms with E-state index in [4.69, 9.17) is 11.6 Å². The number of carbonyl (C=O) groups excluding carboxylic acids is 1. The van der Waals surface area contributed by atoms with Gasteiger partial charge in [-0.15, -0.1) is 0 Å². The maximum Gasteiger partial charge on any atom is 0.431 e. The van der Waals surface area contributed by atoms with Gasteiger partial charge in [0.25, 0.3) is 5.91 Å². The summed E-state index contributed by atoms with van der Waals surface area (Å²) in [5.74, 6) is -1.08.